The van der Waals surface area contributed by atoms with Gasteiger partial charge < -0.3 is 5.11 Å². The lowest BCUT2D eigenvalue weighted by atomic mass is 9.73. The van der Waals surface area contributed by atoms with Crippen molar-refractivity contribution >= 4 is 10.0 Å². The van der Waals surface area contributed by atoms with Crippen LogP contribution < -0.4 is 0 Å². The summed E-state index contributed by atoms with van der Waals surface area (Å²) in [6.07, 6.45) is 0.138. The van der Waals surface area contributed by atoms with Gasteiger partial charge in [0.2, 0.25) is 10.0 Å². The maximum atomic E-state index is 13.4. The van der Waals surface area contributed by atoms with Gasteiger partial charge in [0.15, 0.2) is 0 Å². The highest BCUT2D eigenvalue weighted by Crippen LogP contribution is 2.44. The maximum Gasteiger partial charge on any atom is 0.243 e. The average molecular weight is 429 g/mol. The van der Waals surface area contributed by atoms with Crippen LogP contribution in [-0.2, 0) is 15.6 Å². The second-order valence-electron chi connectivity index (χ2n) is 7.46. The Labute approximate surface area is 174 Å². The van der Waals surface area contributed by atoms with E-state index in [1.807, 2.05) is 30.3 Å². The Morgan fingerprint density at radius 1 is 0.867 bits per heavy atom. The third kappa shape index (κ3) is 3.76. The van der Waals surface area contributed by atoms with Gasteiger partial charge in [0.25, 0.3) is 0 Å². The molecule has 0 amide bonds. The van der Waals surface area contributed by atoms with Crippen molar-refractivity contribution in [3.8, 4) is 0 Å². The lowest BCUT2D eigenvalue weighted by Gasteiger charge is -2.44. The molecule has 1 aliphatic rings. The molecule has 2 unspecified atom stereocenters. The molecule has 0 spiro atoms. The van der Waals surface area contributed by atoms with Crippen LogP contribution >= 0.6 is 0 Å². The standard InChI is InChI=1S/C23H21F2NO3S/c24-19-8-6-18(7-9-19)23(27)14-15-26(16-22(23)17-4-2-1-3-5-17)30(28,29)21-12-10-20(25)11-13-21/h1-13,22,27H,14-16H2. The van der Waals surface area contributed by atoms with Crippen LogP contribution in [0.5, 0.6) is 0 Å². The van der Waals surface area contributed by atoms with Crippen molar-refractivity contribution in [1.82, 2.24) is 4.31 Å². The van der Waals surface area contributed by atoms with E-state index < -0.39 is 33.2 Å². The van der Waals surface area contributed by atoms with Crippen LogP contribution in [-0.4, -0.2) is 30.9 Å². The number of sulfonamides is 1. The van der Waals surface area contributed by atoms with Crippen LogP contribution in [0.4, 0.5) is 8.78 Å². The molecule has 1 saturated heterocycles. The fraction of sp³-hybridized carbons (Fsp3) is 0.217. The van der Waals surface area contributed by atoms with E-state index >= 15 is 0 Å². The molecule has 156 valence electrons. The van der Waals surface area contributed by atoms with E-state index in [-0.39, 0.29) is 24.4 Å². The van der Waals surface area contributed by atoms with E-state index in [2.05, 4.69) is 0 Å². The van der Waals surface area contributed by atoms with Gasteiger partial charge in [0, 0.05) is 19.0 Å². The SMILES string of the molecule is O=S(=O)(c1ccc(F)cc1)N1CCC(O)(c2ccc(F)cc2)C(c2ccccc2)C1. The van der Waals surface area contributed by atoms with Crippen molar-refractivity contribution in [2.45, 2.75) is 22.8 Å². The fourth-order valence-electron chi connectivity index (χ4n) is 4.04. The predicted octanol–water partition coefficient (Wildman–Crippen LogP) is 4.03. The van der Waals surface area contributed by atoms with Gasteiger partial charge in [0.05, 0.1) is 10.5 Å². The van der Waals surface area contributed by atoms with Crippen molar-refractivity contribution in [2.24, 2.45) is 0 Å². The summed E-state index contributed by atoms with van der Waals surface area (Å²) in [5, 5.41) is 11.6. The highest BCUT2D eigenvalue weighted by Gasteiger charge is 2.46. The summed E-state index contributed by atoms with van der Waals surface area (Å²) in [4.78, 5) is 0.00272. The number of halogens is 2. The molecule has 0 aromatic heterocycles. The zero-order valence-electron chi connectivity index (χ0n) is 16.1. The Bertz CT molecular complexity index is 1120. The molecule has 0 radical (unpaired) electrons. The van der Waals surface area contributed by atoms with Crippen molar-refractivity contribution in [1.29, 1.82) is 0 Å². The quantitative estimate of drug-likeness (QED) is 0.681. The first-order chi connectivity index (χ1) is 14.3. The first-order valence-electron chi connectivity index (χ1n) is 9.60. The van der Waals surface area contributed by atoms with E-state index in [1.54, 1.807) is 0 Å². The monoisotopic (exact) mass is 429 g/mol. The minimum atomic E-state index is -3.86. The molecule has 3 aromatic carbocycles. The summed E-state index contributed by atoms with van der Waals surface area (Å²) in [6, 6.07) is 19.5. The van der Waals surface area contributed by atoms with Gasteiger partial charge in [-0.1, -0.05) is 42.5 Å². The van der Waals surface area contributed by atoms with Crippen molar-refractivity contribution in [3.05, 3.63) is 102 Å². The number of benzene rings is 3. The molecular formula is C23H21F2NO3S. The summed E-state index contributed by atoms with van der Waals surface area (Å²) in [5.41, 5.74) is -0.0379. The van der Waals surface area contributed by atoms with Crippen LogP contribution in [0.1, 0.15) is 23.5 Å². The number of nitrogens with zero attached hydrogens (tertiary/aromatic N) is 1. The molecule has 30 heavy (non-hydrogen) atoms. The zero-order valence-corrected chi connectivity index (χ0v) is 16.9. The maximum absolute atomic E-state index is 13.4. The predicted molar refractivity (Wildman–Crippen MR) is 109 cm³/mol. The topological polar surface area (TPSA) is 57.6 Å². The molecule has 0 bridgehead atoms. The number of aliphatic hydroxyl groups is 1. The molecule has 1 heterocycles. The zero-order chi connectivity index (χ0) is 21.4. The highest BCUT2D eigenvalue weighted by molar-refractivity contribution is 7.89. The van der Waals surface area contributed by atoms with E-state index in [0.29, 0.717) is 5.56 Å². The molecular weight excluding hydrogens is 408 g/mol. The number of hydrogen-bond donors (Lipinski definition) is 1. The molecule has 3 aromatic rings. The molecule has 1 N–H and O–H groups in total. The first kappa shape index (κ1) is 20.7. The summed E-state index contributed by atoms with van der Waals surface area (Å²) in [5.74, 6) is -1.48. The van der Waals surface area contributed by atoms with Gasteiger partial charge >= 0.3 is 0 Å². The van der Waals surface area contributed by atoms with Gasteiger partial charge in [-0.05, 0) is 53.9 Å². The summed E-state index contributed by atoms with van der Waals surface area (Å²) < 4.78 is 54.3. The van der Waals surface area contributed by atoms with Crippen LogP contribution in [0.2, 0.25) is 0 Å². The minimum Gasteiger partial charge on any atom is -0.384 e. The lowest BCUT2D eigenvalue weighted by molar-refractivity contribution is -0.0313. The Hall–Kier alpha value is -2.61. The van der Waals surface area contributed by atoms with Gasteiger partial charge in [-0.25, -0.2) is 17.2 Å². The van der Waals surface area contributed by atoms with Crippen molar-refractivity contribution in [2.75, 3.05) is 13.1 Å². The van der Waals surface area contributed by atoms with Crippen LogP contribution in [0.3, 0.4) is 0 Å². The molecule has 0 saturated carbocycles. The molecule has 2 atom stereocenters. The summed E-state index contributed by atoms with van der Waals surface area (Å²) in [7, 11) is -3.86. The van der Waals surface area contributed by atoms with Gasteiger partial charge in [-0.3, -0.25) is 0 Å². The molecule has 7 heteroatoms. The van der Waals surface area contributed by atoms with E-state index in [9.17, 15) is 22.3 Å². The lowest BCUT2D eigenvalue weighted by Crippen LogP contribution is -2.50. The largest absolute Gasteiger partial charge is 0.384 e. The van der Waals surface area contributed by atoms with Gasteiger partial charge in [-0.2, -0.15) is 4.31 Å². The number of piperidine rings is 1. The molecule has 1 fully saturated rings. The Morgan fingerprint density at radius 2 is 1.43 bits per heavy atom. The van der Waals surface area contributed by atoms with Gasteiger partial charge in [-0.15, -0.1) is 0 Å². The van der Waals surface area contributed by atoms with Gasteiger partial charge in [0.1, 0.15) is 11.6 Å². The van der Waals surface area contributed by atoms with Crippen LogP contribution in [0.15, 0.2) is 83.8 Å². The molecule has 4 rings (SSSR count). The van der Waals surface area contributed by atoms with Crippen molar-refractivity contribution in [3.63, 3.8) is 0 Å². The Balaban J connectivity index is 1.73. The summed E-state index contributed by atoms with van der Waals surface area (Å²) in [6.45, 7) is 0.120. The second kappa shape index (κ2) is 7.91. The van der Waals surface area contributed by atoms with E-state index in [1.165, 1.54) is 40.7 Å². The van der Waals surface area contributed by atoms with E-state index in [0.717, 1.165) is 17.7 Å². The number of hydrogen-bond acceptors (Lipinski definition) is 3. The van der Waals surface area contributed by atoms with Crippen molar-refractivity contribution < 1.29 is 22.3 Å². The normalized spacial score (nSPS) is 22.7. The minimum absolute atomic E-state index is 0.00272. The number of rotatable bonds is 4. The summed E-state index contributed by atoms with van der Waals surface area (Å²) >= 11 is 0. The third-order valence-electron chi connectivity index (χ3n) is 5.70. The Kier molecular flexibility index (Phi) is 5.44. The Morgan fingerprint density at radius 3 is 2.03 bits per heavy atom. The fourth-order valence-corrected chi connectivity index (χ4v) is 5.49. The van der Waals surface area contributed by atoms with Crippen LogP contribution in [0, 0.1) is 11.6 Å². The van der Waals surface area contributed by atoms with E-state index in [4.69, 9.17) is 0 Å². The molecule has 4 nitrogen and oxygen atoms in total. The molecule has 1 aliphatic heterocycles. The smallest absolute Gasteiger partial charge is 0.243 e. The molecule has 0 aliphatic carbocycles. The van der Waals surface area contributed by atoms with Crippen LogP contribution in [0.25, 0.3) is 0 Å². The average Bonchev–Trinajstić information content (AvgIpc) is 2.75. The third-order valence-corrected chi connectivity index (χ3v) is 7.58. The second-order valence-corrected chi connectivity index (χ2v) is 9.40. The first-order valence-corrected chi connectivity index (χ1v) is 11.0. The highest BCUT2D eigenvalue weighted by atomic mass is 32.2.